The number of methoxy groups -OCH3 is 1. The van der Waals surface area contributed by atoms with E-state index in [1.807, 2.05) is 13.0 Å². The van der Waals surface area contributed by atoms with Crippen molar-refractivity contribution in [1.82, 2.24) is 0 Å². The monoisotopic (exact) mass is 409 g/mol. The summed E-state index contributed by atoms with van der Waals surface area (Å²) >= 11 is 0. The predicted octanol–water partition coefficient (Wildman–Crippen LogP) is 3.82. The number of carbonyl (C=O) groups is 2. The van der Waals surface area contributed by atoms with E-state index in [0.717, 1.165) is 0 Å². The van der Waals surface area contributed by atoms with Crippen LogP contribution in [0.15, 0.2) is 48.5 Å². The zero-order valence-corrected chi connectivity index (χ0v) is 17.1. The summed E-state index contributed by atoms with van der Waals surface area (Å²) in [5, 5.41) is 8.60. The normalized spacial score (nSPS) is 11.4. The van der Waals surface area contributed by atoms with Crippen LogP contribution in [-0.2, 0) is 9.53 Å². The molecule has 7 nitrogen and oxygen atoms in total. The first kappa shape index (κ1) is 22.5. The van der Waals surface area contributed by atoms with E-state index in [2.05, 4.69) is 0 Å². The summed E-state index contributed by atoms with van der Waals surface area (Å²) in [4.78, 5) is 24.5. The third-order valence-electron chi connectivity index (χ3n) is 4.00. The lowest BCUT2D eigenvalue weighted by molar-refractivity contribution is -0.140. The lowest BCUT2D eigenvalue weighted by Gasteiger charge is -2.11. The maximum absolute atomic E-state index is 12.4. The Morgan fingerprint density at radius 3 is 2.47 bits per heavy atom. The van der Waals surface area contributed by atoms with Gasteiger partial charge >= 0.3 is 5.97 Å². The number of carbonyl (C=O) groups excluding carboxylic acids is 2. The van der Waals surface area contributed by atoms with Gasteiger partial charge in [0.05, 0.1) is 13.7 Å². The van der Waals surface area contributed by atoms with Crippen LogP contribution in [-0.4, -0.2) is 38.2 Å². The van der Waals surface area contributed by atoms with Gasteiger partial charge in [-0.05, 0) is 61.9 Å². The Bertz CT molecular complexity index is 943. The van der Waals surface area contributed by atoms with E-state index in [1.54, 1.807) is 42.5 Å². The number of esters is 1. The van der Waals surface area contributed by atoms with Crippen molar-refractivity contribution in [3.8, 4) is 23.3 Å². The van der Waals surface area contributed by atoms with E-state index in [4.69, 9.17) is 24.2 Å². The van der Waals surface area contributed by atoms with Crippen LogP contribution in [0.1, 0.15) is 29.8 Å². The molecule has 0 fully saturated rings. The molecule has 0 N–H and O–H groups in total. The molecule has 7 heteroatoms. The molecule has 2 aromatic rings. The first-order valence-electron chi connectivity index (χ1n) is 9.32. The summed E-state index contributed by atoms with van der Waals surface area (Å²) < 4.78 is 21.0. The molecule has 0 saturated heterocycles. The zero-order chi connectivity index (χ0) is 21.9. The molecule has 30 heavy (non-hydrogen) atoms. The smallest absolute Gasteiger partial charge is 0.331 e. The Morgan fingerprint density at radius 1 is 1.10 bits per heavy atom. The summed E-state index contributed by atoms with van der Waals surface area (Å²) in [5.74, 6) is 0.570. The first-order chi connectivity index (χ1) is 14.5. The molecule has 0 amide bonds. The van der Waals surface area contributed by atoms with Gasteiger partial charge in [0.15, 0.2) is 24.2 Å². The highest BCUT2D eigenvalue weighted by Crippen LogP contribution is 2.28. The van der Waals surface area contributed by atoms with Crippen molar-refractivity contribution >= 4 is 17.8 Å². The van der Waals surface area contributed by atoms with Gasteiger partial charge in [-0.3, -0.25) is 4.79 Å². The standard InChI is InChI=1S/C23H23NO6/c1-4-28-19-9-7-18(8-10-19)23(26)16(2)30-22(25)12-6-17-5-11-20(29-14-13-24)21(15-17)27-3/h5-12,15-16H,4,14H2,1-3H3/b12-6+/t16-/m0/s1. The van der Waals surface area contributed by atoms with Crippen LogP contribution in [0, 0.1) is 11.3 Å². The Balaban J connectivity index is 1.97. The summed E-state index contributed by atoms with van der Waals surface area (Å²) in [6.07, 6.45) is 1.83. The second kappa shape index (κ2) is 11.3. The predicted molar refractivity (Wildman–Crippen MR) is 111 cm³/mol. The molecule has 2 rings (SSSR count). The van der Waals surface area contributed by atoms with Gasteiger partial charge in [-0.2, -0.15) is 5.26 Å². The minimum absolute atomic E-state index is 0.0991. The highest BCUT2D eigenvalue weighted by Gasteiger charge is 2.18. The number of hydrogen-bond acceptors (Lipinski definition) is 7. The van der Waals surface area contributed by atoms with Gasteiger partial charge in [-0.25, -0.2) is 4.79 Å². The van der Waals surface area contributed by atoms with Gasteiger partial charge in [-0.1, -0.05) is 6.07 Å². The molecule has 0 aromatic heterocycles. The van der Waals surface area contributed by atoms with Crippen molar-refractivity contribution in [1.29, 1.82) is 5.26 Å². The second-order valence-electron chi connectivity index (χ2n) is 6.09. The number of ether oxygens (including phenoxy) is 4. The molecule has 0 aliphatic carbocycles. The molecule has 0 bridgehead atoms. The number of benzene rings is 2. The van der Waals surface area contributed by atoms with E-state index in [0.29, 0.717) is 35.0 Å². The average molecular weight is 409 g/mol. The molecule has 0 saturated carbocycles. The second-order valence-corrected chi connectivity index (χ2v) is 6.09. The summed E-state index contributed by atoms with van der Waals surface area (Å²) in [6.45, 7) is 3.84. The summed E-state index contributed by atoms with van der Waals surface area (Å²) in [5.41, 5.74) is 1.10. The molecule has 0 unspecified atom stereocenters. The Labute approximate surface area is 175 Å². The number of nitriles is 1. The van der Waals surface area contributed by atoms with Crippen LogP contribution in [0.3, 0.4) is 0 Å². The largest absolute Gasteiger partial charge is 0.494 e. The minimum Gasteiger partial charge on any atom is -0.494 e. The van der Waals surface area contributed by atoms with Gasteiger partial charge in [0.2, 0.25) is 5.78 Å². The third-order valence-corrected chi connectivity index (χ3v) is 4.00. The van der Waals surface area contributed by atoms with Crippen molar-refractivity contribution in [2.45, 2.75) is 20.0 Å². The van der Waals surface area contributed by atoms with E-state index in [-0.39, 0.29) is 12.4 Å². The SMILES string of the molecule is CCOc1ccc(C(=O)[C@H](C)OC(=O)/C=C/c2ccc(OCC#N)c(OC)c2)cc1. The fraction of sp³-hybridized carbons (Fsp3) is 0.261. The zero-order valence-electron chi connectivity index (χ0n) is 17.1. The van der Waals surface area contributed by atoms with Crippen LogP contribution in [0.4, 0.5) is 0 Å². The van der Waals surface area contributed by atoms with Gasteiger partial charge < -0.3 is 18.9 Å². The van der Waals surface area contributed by atoms with Crippen LogP contribution in [0.5, 0.6) is 17.2 Å². The Hall–Kier alpha value is -3.79. The molecule has 0 spiro atoms. The molecule has 2 aromatic carbocycles. The van der Waals surface area contributed by atoms with Gasteiger partial charge in [-0.15, -0.1) is 0 Å². The van der Waals surface area contributed by atoms with Crippen molar-refractivity contribution in [3.05, 3.63) is 59.7 Å². The average Bonchev–Trinajstić information content (AvgIpc) is 2.76. The maximum atomic E-state index is 12.4. The number of rotatable bonds is 10. The molecule has 0 aliphatic rings. The van der Waals surface area contributed by atoms with Crippen LogP contribution < -0.4 is 14.2 Å². The fourth-order valence-corrected chi connectivity index (χ4v) is 2.57. The van der Waals surface area contributed by atoms with Crippen molar-refractivity contribution in [3.63, 3.8) is 0 Å². The van der Waals surface area contributed by atoms with Crippen LogP contribution >= 0.6 is 0 Å². The lowest BCUT2D eigenvalue weighted by atomic mass is 10.1. The van der Waals surface area contributed by atoms with Crippen molar-refractivity contribution < 1.29 is 28.5 Å². The van der Waals surface area contributed by atoms with Crippen molar-refractivity contribution in [2.75, 3.05) is 20.3 Å². The van der Waals surface area contributed by atoms with Gasteiger partial charge in [0, 0.05) is 11.6 Å². The number of ketones is 1. The van der Waals surface area contributed by atoms with Crippen molar-refractivity contribution in [2.24, 2.45) is 0 Å². The number of Topliss-reactive ketones (excluding diaryl/α,β-unsaturated/α-hetero) is 1. The van der Waals surface area contributed by atoms with E-state index < -0.39 is 12.1 Å². The highest BCUT2D eigenvalue weighted by molar-refractivity contribution is 6.01. The quantitative estimate of drug-likeness (QED) is 0.334. The molecule has 0 radical (unpaired) electrons. The molecule has 1 atom stereocenters. The Kier molecular flexibility index (Phi) is 8.45. The molecular weight excluding hydrogens is 386 g/mol. The molecular formula is C23H23NO6. The highest BCUT2D eigenvalue weighted by atomic mass is 16.5. The van der Waals surface area contributed by atoms with E-state index in [9.17, 15) is 9.59 Å². The van der Waals surface area contributed by atoms with E-state index in [1.165, 1.54) is 26.2 Å². The fourth-order valence-electron chi connectivity index (χ4n) is 2.57. The number of nitrogens with zero attached hydrogens (tertiary/aromatic N) is 1. The molecule has 0 aliphatic heterocycles. The third kappa shape index (κ3) is 6.38. The summed E-state index contributed by atoms with van der Waals surface area (Å²) in [6, 6.07) is 13.5. The Morgan fingerprint density at radius 2 is 1.83 bits per heavy atom. The first-order valence-corrected chi connectivity index (χ1v) is 9.32. The van der Waals surface area contributed by atoms with Gasteiger partial charge in [0.25, 0.3) is 0 Å². The topological polar surface area (TPSA) is 94.9 Å². The van der Waals surface area contributed by atoms with Crippen LogP contribution in [0.2, 0.25) is 0 Å². The minimum atomic E-state index is -0.934. The number of hydrogen-bond donors (Lipinski definition) is 0. The molecule has 0 heterocycles. The van der Waals surface area contributed by atoms with Gasteiger partial charge in [0.1, 0.15) is 11.8 Å². The van der Waals surface area contributed by atoms with Crippen LogP contribution in [0.25, 0.3) is 6.08 Å². The van der Waals surface area contributed by atoms with E-state index >= 15 is 0 Å². The lowest BCUT2D eigenvalue weighted by Crippen LogP contribution is -2.23. The maximum Gasteiger partial charge on any atom is 0.331 e. The summed E-state index contributed by atoms with van der Waals surface area (Å²) in [7, 11) is 1.48. The molecule has 156 valence electrons.